The number of carbonyl (C=O) groups excluding carboxylic acids is 4. The van der Waals surface area contributed by atoms with Gasteiger partial charge in [-0.1, -0.05) is 37.8 Å². The van der Waals surface area contributed by atoms with Crippen molar-refractivity contribution in [2.45, 2.75) is 103 Å². The van der Waals surface area contributed by atoms with Crippen LogP contribution in [0.2, 0.25) is 0 Å². The Balaban J connectivity index is 1.45. The Bertz CT molecular complexity index is 1760. The third-order valence-electron chi connectivity index (χ3n) is 11.3. The van der Waals surface area contributed by atoms with Gasteiger partial charge < -0.3 is 72.5 Å². The van der Waals surface area contributed by atoms with E-state index in [1.165, 1.54) is 28.4 Å². The van der Waals surface area contributed by atoms with Gasteiger partial charge in [-0.05, 0) is 86.8 Å². The fraction of sp³-hybridized carbons (Fsp3) is 0.571. The zero-order valence-electron chi connectivity index (χ0n) is 36.8. The summed E-state index contributed by atoms with van der Waals surface area (Å²) in [6, 6.07) is 10.6. The Hall–Kier alpha value is -5.96. The lowest BCUT2D eigenvalue weighted by Crippen LogP contribution is -2.54. The highest BCUT2D eigenvalue weighted by atomic mass is 16.6. The van der Waals surface area contributed by atoms with Crippen molar-refractivity contribution >= 4 is 43.2 Å². The molecular weight excluding hydrogens is 815 g/mol. The maximum Gasteiger partial charge on any atom is 0.491 e. The first kappa shape index (κ1) is 49.7. The van der Waals surface area contributed by atoms with E-state index in [0.717, 1.165) is 18.8 Å². The Morgan fingerprint density at radius 3 is 1.29 bits per heavy atom. The number of nitrogens with zero attached hydrogens (tertiary/aromatic N) is 2. The zero-order valence-corrected chi connectivity index (χ0v) is 36.8. The summed E-state index contributed by atoms with van der Waals surface area (Å²) in [5.74, 6) is 0.115. The van der Waals surface area contributed by atoms with Crippen LogP contribution in [-0.2, 0) is 41.6 Å². The summed E-state index contributed by atoms with van der Waals surface area (Å²) in [6.07, 6.45) is 3.37. The number of guanidine groups is 2. The smallest absolute Gasteiger partial charge is 0.491 e. The standard InChI is InChI=1S/C42H64BN10O10/c1-58-29-15-13-27(23-31(29)60-3)25-50-35(54)41(17-5-6-18-41)37(56)52-33(11-9-21-48-39(44)45)62-43-63-34(12-10-22-49-40(46)47)53-38(57)42(19-7-8-20-42)36(55)51-26-28-14-16-30(59-2)32(24-28)61-4/h13-16,23-24,33-34H,5-12,17-22,25-26H2,1-4H3,(H,50,54)(H,51,55)(H,52,56)(H,53,57)(H4,44,45,48)(H4,46,47,49). The Labute approximate surface area is 369 Å². The highest BCUT2D eigenvalue weighted by molar-refractivity contribution is 6.18. The van der Waals surface area contributed by atoms with Crippen LogP contribution in [0, 0.1) is 10.8 Å². The highest BCUT2D eigenvalue weighted by Crippen LogP contribution is 2.40. The molecule has 2 saturated carbocycles. The molecule has 0 aliphatic heterocycles. The molecule has 2 aliphatic carbocycles. The van der Waals surface area contributed by atoms with Crippen molar-refractivity contribution < 1.29 is 47.4 Å². The van der Waals surface area contributed by atoms with Crippen LogP contribution < -0.4 is 63.1 Å². The molecule has 2 aromatic carbocycles. The van der Waals surface area contributed by atoms with Gasteiger partial charge in [-0.3, -0.25) is 29.2 Å². The molecule has 2 atom stereocenters. The summed E-state index contributed by atoms with van der Waals surface area (Å²) in [7, 11) is 7.17. The number of nitrogens with one attached hydrogen (secondary N) is 4. The molecule has 21 heteroatoms. The number of carbonyl (C=O) groups is 4. The van der Waals surface area contributed by atoms with Gasteiger partial charge in [0.1, 0.15) is 23.3 Å². The van der Waals surface area contributed by atoms with Crippen molar-refractivity contribution in [3.8, 4) is 23.0 Å². The molecule has 12 N–H and O–H groups in total. The largest absolute Gasteiger partial charge is 0.493 e. The second-order valence-electron chi connectivity index (χ2n) is 15.5. The van der Waals surface area contributed by atoms with Gasteiger partial charge >= 0.3 is 7.69 Å². The number of rotatable bonds is 26. The summed E-state index contributed by atoms with van der Waals surface area (Å²) >= 11 is 0. The summed E-state index contributed by atoms with van der Waals surface area (Å²) in [5.41, 5.74) is 21.0. The lowest BCUT2D eigenvalue weighted by atomic mass is 9.83. The normalized spacial score (nSPS) is 15.7. The molecule has 4 rings (SSSR count). The monoisotopic (exact) mass is 879 g/mol. The Morgan fingerprint density at radius 2 is 0.952 bits per heavy atom. The first-order valence-electron chi connectivity index (χ1n) is 21.1. The third kappa shape index (κ3) is 14.0. The Kier molecular flexibility index (Phi) is 19.4. The number of nitrogens with two attached hydrogens (primary N) is 4. The average Bonchev–Trinajstić information content (AvgIpc) is 4.00. The minimum absolute atomic E-state index is 0.0866. The van der Waals surface area contributed by atoms with Gasteiger partial charge in [-0.15, -0.1) is 0 Å². The van der Waals surface area contributed by atoms with Gasteiger partial charge in [-0.2, -0.15) is 0 Å². The first-order chi connectivity index (χ1) is 30.3. The van der Waals surface area contributed by atoms with Gasteiger partial charge in [0.2, 0.25) is 23.6 Å². The molecule has 345 valence electrons. The molecule has 1 radical (unpaired) electrons. The number of ether oxygens (including phenoxy) is 4. The van der Waals surface area contributed by atoms with E-state index in [1.54, 1.807) is 36.4 Å². The lowest BCUT2D eigenvalue weighted by Gasteiger charge is -2.31. The molecule has 2 unspecified atom stereocenters. The van der Waals surface area contributed by atoms with Gasteiger partial charge in [0.25, 0.3) is 0 Å². The number of amides is 4. The minimum Gasteiger partial charge on any atom is -0.493 e. The van der Waals surface area contributed by atoms with E-state index in [1.807, 2.05) is 0 Å². The number of benzene rings is 2. The number of hydrogen-bond acceptors (Lipinski definition) is 12. The van der Waals surface area contributed by atoms with Gasteiger partial charge in [0.05, 0.1) is 28.4 Å². The molecule has 0 saturated heterocycles. The molecule has 0 heterocycles. The summed E-state index contributed by atoms with van der Waals surface area (Å²) in [4.78, 5) is 64.0. The van der Waals surface area contributed by atoms with Crippen molar-refractivity contribution in [2.75, 3.05) is 41.5 Å². The van der Waals surface area contributed by atoms with Gasteiger partial charge in [-0.25, -0.2) is 0 Å². The van der Waals surface area contributed by atoms with E-state index in [4.69, 9.17) is 51.2 Å². The third-order valence-corrected chi connectivity index (χ3v) is 11.3. The van der Waals surface area contributed by atoms with Crippen LogP contribution in [0.5, 0.6) is 23.0 Å². The first-order valence-corrected chi connectivity index (χ1v) is 21.1. The molecule has 2 fully saturated rings. The summed E-state index contributed by atoms with van der Waals surface area (Å²) in [5, 5.41) is 11.7. The molecule has 4 amide bonds. The molecule has 2 aromatic rings. The molecule has 63 heavy (non-hydrogen) atoms. The average molecular weight is 880 g/mol. The van der Waals surface area contributed by atoms with E-state index >= 15 is 0 Å². The van der Waals surface area contributed by atoms with E-state index in [9.17, 15) is 19.2 Å². The molecule has 0 aromatic heterocycles. The SMILES string of the molecule is COc1ccc(CNC(=O)C2(C(=O)NC(CCCN=C(N)N)O[B]OC(CCCN=C(N)N)NC(=O)C3(C(=O)NCc4ccc(OC)c(OC)c4)CCCC3)CCCC2)cc1OC. The van der Waals surface area contributed by atoms with Crippen LogP contribution in [0.3, 0.4) is 0 Å². The second-order valence-corrected chi connectivity index (χ2v) is 15.5. The van der Waals surface area contributed by atoms with Crippen molar-refractivity contribution in [3.05, 3.63) is 47.5 Å². The quantitative estimate of drug-likeness (QED) is 0.0165. The van der Waals surface area contributed by atoms with Crippen LogP contribution in [-0.4, -0.2) is 97.2 Å². The zero-order chi connectivity index (χ0) is 45.8. The van der Waals surface area contributed by atoms with Crippen LogP contribution in [0.15, 0.2) is 46.4 Å². The van der Waals surface area contributed by atoms with Crippen LogP contribution in [0.4, 0.5) is 0 Å². The molecule has 2 aliphatic rings. The van der Waals surface area contributed by atoms with Gasteiger partial charge in [0.15, 0.2) is 34.9 Å². The molecule has 20 nitrogen and oxygen atoms in total. The fourth-order valence-corrected chi connectivity index (χ4v) is 7.81. The van der Waals surface area contributed by atoms with Crippen molar-refractivity contribution in [1.82, 2.24) is 21.3 Å². The maximum atomic E-state index is 14.1. The van der Waals surface area contributed by atoms with Crippen LogP contribution >= 0.6 is 0 Å². The van der Waals surface area contributed by atoms with Crippen molar-refractivity contribution in [2.24, 2.45) is 43.7 Å². The van der Waals surface area contributed by atoms with Crippen molar-refractivity contribution in [3.63, 3.8) is 0 Å². The lowest BCUT2D eigenvalue weighted by molar-refractivity contribution is -0.146. The van der Waals surface area contributed by atoms with Crippen LogP contribution in [0.1, 0.15) is 88.2 Å². The molecule has 0 spiro atoms. The highest BCUT2D eigenvalue weighted by Gasteiger charge is 2.49. The van der Waals surface area contributed by atoms with E-state index in [0.29, 0.717) is 87.2 Å². The summed E-state index contributed by atoms with van der Waals surface area (Å²) in [6.45, 7) is 0.807. The predicted octanol–water partition coefficient (Wildman–Crippen LogP) is 1.33. The van der Waals surface area contributed by atoms with Gasteiger partial charge in [0, 0.05) is 26.2 Å². The minimum atomic E-state index is -1.35. The van der Waals surface area contributed by atoms with E-state index < -0.39 is 46.9 Å². The fourth-order valence-electron chi connectivity index (χ4n) is 7.81. The molecular formula is C42H64BN10O10. The second kappa shape index (κ2) is 24.6. The number of aliphatic imine (C=N–C) groups is 2. The topological polar surface area (TPSA) is 301 Å². The number of methoxy groups -OCH3 is 4. The van der Waals surface area contributed by atoms with Crippen LogP contribution in [0.25, 0.3) is 0 Å². The molecule has 0 bridgehead atoms. The van der Waals surface area contributed by atoms with E-state index in [-0.39, 0.29) is 50.9 Å². The maximum absolute atomic E-state index is 14.1. The summed E-state index contributed by atoms with van der Waals surface area (Å²) < 4.78 is 33.4. The predicted molar refractivity (Wildman–Crippen MR) is 236 cm³/mol. The van der Waals surface area contributed by atoms with E-state index in [2.05, 4.69) is 31.3 Å². The Morgan fingerprint density at radius 1 is 0.587 bits per heavy atom. The number of hydrogen-bond donors (Lipinski definition) is 8. The van der Waals surface area contributed by atoms with Crippen molar-refractivity contribution in [1.29, 1.82) is 0 Å².